The molecular weight excluding hydrogens is 1050 g/mol. The van der Waals surface area contributed by atoms with Crippen molar-refractivity contribution in [3.63, 3.8) is 0 Å². The fraction of sp³-hybridized carbons (Fsp3) is 0.950. The SMILES string of the molecule is CCCCCCCCCCCCCCCCCCCCCCCCC(O)C(CO)NC(=O)CCCCCCCCCCCCCC/C=C\CCCCCCCCCCCCCCOC(=O)CCCCCCCCCCCCCCCCCCCCC. The number of aliphatic hydroxyl groups excluding tert-OH is 2. The van der Waals surface area contributed by atoms with Crippen molar-refractivity contribution in [2.75, 3.05) is 13.2 Å². The van der Waals surface area contributed by atoms with Crippen LogP contribution >= 0.6 is 0 Å². The second-order valence-electron chi connectivity index (χ2n) is 27.8. The molecule has 0 fully saturated rings. The number of nitrogens with one attached hydrogen (secondary N) is 1. The van der Waals surface area contributed by atoms with Gasteiger partial charge in [0.05, 0.1) is 25.4 Å². The lowest BCUT2D eigenvalue weighted by molar-refractivity contribution is -0.143. The Morgan fingerprint density at radius 2 is 0.547 bits per heavy atom. The minimum absolute atomic E-state index is 0.0221. The second-order valence-corrected chi connectivity index (χ2v) is 27.8. The fourth-order valence-corrected chi connectivity index (χ4v) is 13.0. The van der Waals surface area contributed by atoms with Gasteiger partial charge in [-0.15, -0.1) is 0 Å². The highest BCUT2D eigenvalue weighted by Crippen LogP contribution is 2.20. The Labute approximate surface area is 539 Å². The van der Waals surface area contributed by atoms with Crippen LogP contribution in [0.1, 0.15) is 463 Å². The molecule has 2 unspecified atom stereocenters. The van der Waals surface area contributed by atoms with Crippen molar-refractivity contribution in [2.24, 2.45) is 0 Å². The molecule has 0 radical (unpaired) electrons. The zero-order chi connectivity index (χ0) is 62.0. The molecule has 6 heteroatoms. The zero-order valence-corrected chi connectivity index (χ0v) is 58.8. The summed E-state index contributed by atoms with van der Waals surface area (Å²) in [5.74, 6) is -0.00699. The molecule has 0 spiro atoms. The quantitative estimate of drug-likeness (QED) is 0.0320. The molecule has 0 aliphatic carbocycles. The van der Waals surface area contributed by atoms with Gasteiger partial charge in [-0.1, -0.05) is 411 Å². The number of allylic oxidation sites excluding steroid dienone is 2. The molecule has 0 rings (SSSR count). The van der Waals surface area contributed by atoms with E-state index >= 15 is 0 Å². The van der Waals surface area contributed by atoms with Gasteiger partial charge in [-0.3, -0.25) is 9.59 Å². The first-order valence-corrected chi connectivity index (χ1v) is 39.9. The predicted molar refractivity (Wildman–Crippen MR) is 380 cm³/mol. The van der Waals surface area contributed by atoms with E-state index in [1.165, 1.54) is 392 Å². The maximum Gasteiger partial charge on any atom is 0.305 e. The maximum absolute atomic E-state index is 12.6. The Morgan fingerprint density at radius 1 is 0.314 bits per heavy atom. The van der Waals surface area contributed by atoms with Gasteiger partial charge >= 0.3 is 5.97 Å². The third-order valence-corrected chi connectivity index (χ3v) is 19.1. The third kappa shape index (κ3) is 71.7. The number of rotatable bonds is 76. The van der Waals surface area contributed by atoms with Gasteiger partial charge in [0.15, 0.2) is 0 Å². The van der Waals surface area contributed by atoms with E-state index in [-0.39, 0.29) is 18.5 Å². The fourth-order valence-electron chi connectivity index (χ4n) is 13.0. The van der Waals surface area contributed by atoms with Crippen molar-refractivity contribution in [1.82, 2.24) is 5.32 Å². The highest BCUT2D eigenvalue weighted by atomic mass is 16.5. The van der Waals surface area contributed by atoms with Crippen molar-refractivity contribution in [2.45, 2.75) is 475 Å². The van der Waals surface area contributed by atoms with Gasteiger partial charge in [-0.2, -0.15) is 0 Å². The second kappa shape index (κ2) is 76.1. The summed E-state index contributed by atoms with van der Waals surface area (Å²) in [4.78, 5) is 24.7. The molecule has 3 N–H and O–H groups in total. The highest BCUT2D eigenvalue weighted by molar-refractivity contribution is 5.76. The number of esters is 1. The van der Waals surface area contributed by atoms with E-state index in [0.29, 0.717) is 25.9 Å². The van der Waals surface area contributed by atoms with Gasteiger partial charge in [-0.25, -0.2) is 0 Å². The van der Waals surface area contributed by atoms with E-state index in [1.54, 1.807) is 0 Å². The van der Waals surface area contributed by atoms with E-state index in [2.05, 4.69) is 31.3 Å². The Morgan fingerprint density at radius 3 is 0.826 bits per heavy atom. The van der Waals surface area contributed by atoms with Crippen LogP contribution in [0.5, 0.6) is 0 Å². The lowest BCUT2D eigenvalue weighted by Gasteiger charge is -2.22. The predicted octanol–water partition coefficient (Wildman–Crippen LogP) is 26.3. The average Bonchev–Trinajstić information content (AvgIpc) is 3.53. The van der Waals surface area contributed by atoms with E-state index in [0.717, 1.165) is 38.5 Å². The first-order chi connectivity index (χ1) is 42.5. The number of unbranched alkanes of at least 4 members (excludes halogenated alkanes) is 63. The van der Waals surface area contributed by atoms with Gasteiger partial charge in [0.25, 0.3) is 0 Å². The molecule has 0 heterocycles. The van der Waals surface area contributed by atoms with Gasteiger partial charge in [0.2, 0.25) is 5.91 Å². The smallest absolute Gasteiger partial charge is 0.305 e. The first kappa shape index (κ1) is 84.6. The number of amides is 1. The molecule has 0 aromatic heterocycles. The molecule has 0 saturated carbocycles. The first-order valence-electron chi connectivity index (χ1n) is 39.9. The number of carbonyl (C=O) groups excluding carboxylic acids is 2. The van der Waals surface area contributed by atoms with Crippen LogP contribution in [0.4, 0.5) is 0 Å². The summed E-state index contributed by atoms with van der Waals surface area (Å²) in [5, 5.41) is 23.5. The zero-order valence-electron chi connectivity index (χ0n) is 58.8. The van der Waals surface area contributed by atoms with Crippen molar-refractivity contribution in [3.8, 4) is 0 Å². The van der Waals surface area contributed by atoms with Crippen LogP contribution in [0.25, 0.3) is 0 Å². The van der Waals surface area contributed by atoms with Crippen LogP contribution in [0.15, 0.2) is 12.2 Å². The van der Waals surface area contributed by atoms with Gasteiger partial charge in [0, 0.05) is 12.8 Å². The highest BCUT2D eigenvalue weighted by Gasteiger charge is 2.20. The summed E-state index contributed by atoms with van der Waals surface area (Å²) in [6.07, 6.45) is 95.9. The minimum atomic E-state index is -0.665. The molecule has 0 aliphatic rings. The van der Waals surface area contributed by atoms with Gasteiger partial charge < -0.3 is 20.3 Å². The summed E-state index contributed by atoms with van der Waals surface area (Å²) in [7, 11) is 0. The van der Waals surface area contributed by atoms with Crippen LogP contribution in [-0.2, 0) is 14.3 Å². The monoisotopic (exact) mass is 1210 g/mol. The summed E-state index contributed by atoms with van der Waals surface area (Å²) < 4.78 is 5.52. The summed E-state index contributed by atoms with van der Waals surface area (Å²) >= 11 is 0. The largest absolute Gasteiger partial charge is 0.466 e. The molecule has 0 aliphatic heterocycles. The maximum atomic E-state index is 12.6. The Balaban J connectivity index is 3.35. The number of hydrogen-bond acceptors (Lipinski definition) is 5. The number of ether oxygens (including phenoxy) is 1. The number of aliphatic hydroxyl groups is 2. The molecular formula is C80H157NO5. The summed E-state index contributed by atoms with van der Waals surface area (Å²) in [5.41, 5.74) is 0. The Hall–Kier alpha value is -1.40. The number of carbonyl (C=O) groups is 2. The minimum Gasteiger partial charge on any atom is -0.466 e. The molecule has 0 saturated heterocycles. The number of hydrogen-bond donors (Lipinski definition) is 3. The van der Waals surface area contributed by atoms with E-state index in [9.17, 15) is 19.8 Å². The topological polar surface area (TPSA) is 95.9 Å². The lowest BCUT2D eigenvalue weighted by atomic mass is 10.0. The molecule has 1 amide bonds. The molecule has 512 valence electrons. The summed E-state index contributed by atoms with van der Waals surface area (Å²) in [6.45, 7) is 5.02. The van der Waals surface area contributed by atoms with E-state index in [1.807, 2.05) is 0 Å². The molecule has 0 aromatic rings. The van der Waals surface area contributed by atoms with E-state index in [4.69, 9.17) is 4.74 Å². The third-order valence-electron chi connectivity index (χ3n) is 19.1. The van der Waals surface area contributed by atoms with Crippen LogP contribution in [0, 0.1) is 0 Å². The van der Waals surface area contributed by atoms with Crippen LogP contribution < -0.4 is 5.32 Å². The van der Waals surface area contributed by atoms with Crippen molar-refractivity contribution in [3.05, 3.63) is 12.2 Å². The van der Waals surface area contributed by atoms with Gasteiger partial charge in [0.1, 0.15) is 0 Å². The van der Waals surface area contributed by atoms with Crippen LogP contribution in [0.3, 0.4) is 0 Å². The van der Waals surface area contributed by atoms with E-state index < -0.39 is 12.1 Å². The molecule has 0 aromatic carbocycles. The molecule has 6 nitrogen and oxygen atoms in total. The van der Waals surface area contributed by atoms with Crippen LogP contribution in [-0.4, -0.2) is 47.4 Å². The summed E-state index contributed by atoms with van der Waals surface area (Å²) in [6, 6.07) is -0.542. The Bertz CT molecular complexity index is 1300. The molecule has 2 atom stereocenters. The normalized spacial score (nSPS) is 12.5. The average molecular weight is 1210 g/mol. The standard InChI is InChI=1S/C80H157NO5/c1-3-5-7-9-11-13-15-17-19-21-23-24-33-37-40-44-48-52-56-60-64-68-72-78(83)77(76-82)81-79(84)73-69-65-61-57-53-49-45-41-38-34-31-29-27-25-26-28-30-32-35-39-43-47-51-55-59-63-67-71-75-86-80(85)74-70-66-62-58-54-50-46-42-36-22-20-18-16-14-12-10-8-6-4-2/h25-26,77-78,82-83H,3-24,27-76H2,1-2H3,(H,81,84)/b26-25-. The Kier molecular flexibility index (Phi) is 74.8. The van der Waals surface area contributed by atoms with Crippen molar-refractivity contribution >= 4 is 11.9 Å². The molecule has 86 heavy (non-hydrogen) atoms. The van der Waals surface area contributed by atoms with Crippen LogP contribution in [0.2, 0.25) is 0 Å². The van der Waals surface area contributed by atoms with Crippen molar-refractivity contribution in [1.29, 1.82) is 0 Å². The molecule has 0 bridgehead atoms. The lowest BCUT2D eigenvalue weighted by Crippen LogP contribution is -2.45. The van der Waals surface area contributed by atoms with Crippen molar-refractivity contribution < 1.29 is 24.5 Å². The van der Waals surface area contributed by atoms with Gasteiger partial charge in [-0.05, 0) is 51.4 Å².